The standard InChI is InChI=1S/C24H25ClN2O4S/c1-3-31-22-12-10-21(11-13-22)26-24(28)17-27(16-19-6-4-18(2)5-7-19)32(29,30)23-14-8-20(25)9-15-23/h4-15H,3,16-17H2,1-2H3,(H,26,28). The molecule has 6 nitrogen and oxygen atoms in total. The highest BCUT2D eigenvalue weighted by Crippen LogP contribution is 2.21. The number of halogens is 1. The van der Waals surface area contributed by atoms with Crippen LogP contribution >= 0.6 is 11.6 Å². The number of rotatable bonds is 9. The summed E-state index contributed by atoms with van der Waals surface area (Å²) in [5, 5.41) is 3.18. The molecule has 0 saturated heterocycles. The van der Waals surface area contributed by atoms with Crippen molar-refractivity contribution in [3.05, 3.63) is 88.9 Å². The first-order valence-electron chi connectivity index (χ1n) is 10.1. The molecule has 0 bridgehead atoms. The monoisotopic (exact) mass is 472 g/mol. The van der Waals surface area contributed by atoms with E-state index in [0.29, 0.717) is 23.1 Å². The first kappa shape index (κ1) is 23.8. The summed E-state index contributed by atoms with van der Waals surface area (Å²) in [4.78, 5) is 12.8. The van der Waals surface area contributed by atoms with Crippen LogP contribution in [0.15, 0.2) is 77.7 Å². The average molecular weight is 473 g/mol. The summed E-state index contributed by atoms with van der Waals surface area (Å²) < 4.78 is 33.2. The van der Waals surface area contributed by atoms with Crippen molar-refractivity contribution in [1.29, 1.82) is 0 Å². The second-order valence-corrected chi connectivity index (χ2v) is 9.59. The molecule has 3 rings (SSSR count). The number of anilines is 1. The minimum Gasteiger partial charge on any atom is -0.494 e. The van der Waals surface area contributed by atoms with Crippen LogP contribution in [0.2, 0.25) is 5.02 Å². The van der Waals surface area contributed by atoms with E-state index in [4.69, 9.17) is 16.3 Å². The zero-order valence-electron chi connectivity index (χ0n) is 17.9. The Balaban J connectivity index is 1.81. The molecule has 0 aromatic heterocycles. The van der Waals surface area contributed by atoms with E-state index in [9.17, 15) is 13.2 Å². The lowest BCUT2D eigenvalue weighted by molar-refractivity contribution is -0.116. The summed E-state index contributed by atoms with van der Waals surface area (Å²) in [5.74, 6) is 0.246. The number of carbonyl (C=O) groups is 1. The molecular formula is C24H25ClN2O4S. The van der Waals surface area contributed by atoms with Crippen molar-refractivity contribution in [2.45, 2.75) is 25.3 Å². The van der Waals surface area contributed by atoms with E-state index in [2.05, 4.69) is 5.32 Å². The van der Waals surface area contributed by atoms with Crippen LogP contribution in [0.3, 0.4) is 0 Å². The van der Waals surface area contributed by atoms with Gasteiger partial charge in [-0.25, -0.2) is 8.42 Å². The maximum atomic E-state index is 13.3. The largest absolute Gasteiger partial charge is 0.494 e. The molecule has 0 saturated carbocycles. The lowest BCUT2D eigenvalue weighted by atomic mass is 10.1. The van der Waals surface area contributed by atoms with Gasteiger partial charge in [0.15, 0.2) is 0 Å². The predicted molar refractivity (Wildman–Crippen MR) is 126 cm³/mol. The smallest absolute Gasteiger partial charge is 0.243 e. The van der Waals surface area contributed by atoms with Crippen molar-refractivity contribution in [3.63, 3.8) is 0 Å². The number of aryl methyl sites for hydroxylation is 1. The second kappa shape index (κ2) is 10.6. The van der Waals surface area contributed by atoms with E-state index in [1.54, 1.807) is 24.3 Å². The van der Waals surface area contributed by atoms with Gasteiger partial charge < -0.3 is 10.1 Å². The molecule has 0 radical (unpaired) electrons. The van der Waals surface area contributed by atoms with Crippen LogP contribution in [0, 0.1) is 6.92 Å². The highest BCUT2D eigenvalue weighted by molar-refractivity contribution is 7.89. The van der Waals surface area contributed by atoms with Crippen LogP contribution in [0.25, 0.3) is 0 Å². The van der Waals surface area contributed by atoms with Crippen molar-refractivity contribution in [1.82, 2.24) is 4.31 Å². The van der Waals surface area contributed by atoms with Crippen LogP contribution in [0.5, 0.6) is 5.75 Å². The Hall–Kier alpha value is -2.87. The Morgan fingerprint density at radius 2 is 1.59 bits per heavy atom. The summed E-state index contributed by atoms with van der Waals surface area (Å²) in [5.41, 5.74) is 2.40. The lowest BCUT2D eigenvalue weighted by Gasteiger charge is -2.22. The number of hydrogen-bond donors (Lipinski definition) is 1. The van der Waals surface area contributed by atoms with Gasteiger partial charge >= 0.3 is 0 Å². The number of ether oxygens (including phenoxy) is 1. The molecular weight excluding hydrogens is 448 g/mol. The molecule has 1 amide bonds. The quantitative estimate of drug-likeness (QED) is 0.481. The first-order chi connectivity index (χ1) is 15.3. The minimum absolute atomic E-state index is 0.0575. The Morgan fingerprint density at radius 1 is 0.969 bits per heavy atom. The molecule has 0 aliphatic rings. The van der Waals surface area contributed by atoms with Gasteiger partial charge in [0.1, 0.15) is 5.75 Å². The second-order valence-electron chi connectivity index (χ2n) is 7.22. The van der Waals surface area contributed by atoms with Gasteiger partial charge in [-0.05, 0) is 67.9 Å². The molecule has 0 atom stereocenters. The van der Waals surface area contributed by atoms with E-state index in [1.807, 2.05) is 38.1 Å². The van der Waals surface area contributed by atoms with Crippen molar-refractivity contribution in [3.8, 4) is 5.75 Å². The number of hydrogen-bond acceptors (Lipinski definition) is 4. The van der Waals surface area contributed by atoms with Gasteiger partial charge in [0.25, 0.3) is 0 Å². The normalized spacial score (nSPS) is 11.4. The number of benzene rings is 3. The molecule has 0 aliphatic heterocycles. The van der Waals surface area contributed by atoms with Crippen LogP contribution in [0.4, 0.5) is 5.69 Å². The SMILES string of the molecule is CCOc1ccc(NC(=O)CN(Cc2ccc(C)cc2)S(=O)(=O)c2ccc(Cl)cc2)cc1. The van der Waals surface area contributed by atoms with E-state index >= 15 is 0 Å². The number of nitrogens with zero attached hydrogens (tertiary/aromatic N) is 1. The molecule has 3 aromatic rings. The highest BCUT2D eigenvalue weighted by atomic mass is 35.5. The van der Waals surface area contributed by atoms with E-state index in [0.717, 1.165) is 15.4 Å². The topological polar surface area (TPSA) is 75.7 Å². The molecule has 0 spiro atoms. The van der Waals surface area contributed by atoms with Gasteiger partial charge in [0, 0.05) is 17.3 Å². The molecule has 0 heterocycles. The van der Waals surface area contributed by atoms with Crippen LogP contribution in [-0.2, 0) is 21.4 Å². The summed E-state index contributed by atoms with van der Waals surface area (Å²) in [6.45, 7) is 4.10. The Kier molecular flexibility index (Phi) is 7.90. The van der Waals surface area contributed by atoms with E-state index in [1.165, 1.54) is 24.3 Å². The number of carbonyl (C=O) groups excluding carboxylic acids is 1. The maximum Gasteiger partial charge on any atom is 0.243 e. The third kappa shape index (κ3) is 6.32. The predicted octanol–water partition coefficient (Wildman–Crippen LogP) is 4.88. The van der Waals surface area contributed by atoms with E-state index < -0.39 is 15.9 Å². The Morgan fingerprint density at radius 3 is 2.19 bits per heavy atom. The minimum atomic E-state index is -3.93. The number of sulfonamides is 1. The zero-order valence-corrected chi connectivity index (χ0v) is 19.5. The molecule has 32 heavy (non-hydrogen) atoms. The third-order valence-electron chi connectivity index (χ3n) is 4.70. The lowest BCUT2D eigenvalue weighted by Crippen LogP contribution is -2.37. The van der Waals surface area contributed by atoms with Gasteiger partial charge in [0.2, 0.25) is 15.9 Å². The van der Waals surface area contributed by atoms with Gasteiger partial charge in [0.05, 0.1) is 18.0 Å². The van der Waals surface area contributed by atoms with Gasteiger partial charge in [-0.1, -0.05) is 41.4 Å². The first-order valence-corrected chi connectivity index (χ1v) is 11.9. The summed E-state index contributed by atoms with van der Waals surface area (Å²) >= 11 is 5.91. The number of nitrogens with one attached hydrogen (secondary N) is 1. The molecule has 0 aliphatic carbocycles. The van der Waals surface area contributed by atoms with Crippen molar-refractivity contribution >= 4 is 33.2 Å². The Labute approximate surface area is 193 Å². The van der Waals surface area contributed by atoms with E-state index in [-0.39, 0.29) is 18.0 Å². The number of amides is 1. The average Bonchev–Trinajstić information content (AvgIpc) is 2.76. The van der Waals surface area contributed by atoms with Crippen molar-refractivity contribution in [2.75, 3.05) is 18.5 Å². The summed E-state index contributed by atoms with van der Waals surface area (Å²) in [6, 6.07) is 20.3. The zero-order chi connectivity index (χ0) is 23.1. The fraction of sp³-hybridized carbons (Fsp3) is 0.208. The molecule has 8 heteroatoms. The van der Waals surface area contributed by atoms with Gasteiger partial charge in [-0.2, -0.15) is 4.31 Å². The fourth-order valence-electron chi connectivity index (χ4n) is 3.04. The molecule has 1 N–H and O–H groups in total. The molecule has 0 fully saturated rings. The molecule has 0 unspecified atom stereocenters. The van der Waals surface area contributed by atoms with Crippen molar-refractivity contribution in [2.24, 2.45) is 0 Å². The van der Waals surface area contributed by atoms with Crippen LogP contribution in [-0.4, -0.2) is 31.8 Å². The summed E-state index contributed by atoms with van der Waals surface area (Å²) in [7, 11) is -3.93. The molecule has 168 valence electrons. The fourth-order valence-corrected chi connectivity index (χ4v) is 4.55. The highest BCUT2D eigenvalue weighted by Gasteiger charge is 2.27. The van der Waals surface area contributed by atoms with Crippen LogP contribution in [0.1, 0.15) is 18.1 Å². The van der Waals surface area contributed by atoms with Crippen LogP contribution < -0.4 is 10.1 Å². The maximum absolute atomic E-state index is 13.3. The third-order valence-corrected chi connectivity index (χ3v) is 6.76. The molecule has 3 aromatic carbocycles. The Bertz CT molecular complexity index is 1150. The van der Waals surface area contributed by atoms with Gasteiger partial charge in [-0.15, -0.1) is 0 Å². The van der Waals surface area contributed by atoms with Gasteiger partial charge in [-0.3, -0.25) is 4.79 Å². The van der Waals surface area contributed by atoms with Crippen molar-refractivity contribution < 1.29 is 17.9 Å². The summed E-state index contributed by atoms with van der Waals surface area (Å²) in [6.07, 6.45) is 0.